The van der Waals surface area contributed by atoms with Crippen LogP contribution in [0.5, 0.6) is 0 Å². The van der Waals surface area contributed by atoms with Gasteiger partial charge in [-0.05, 0) is 24.6 Å². The molecule has 100 valence electrons. The number of likely N-dealkylation sites (N-methyl/N-ethyl adjacent to an activating group) is 1. The highest BCUT2D eigenvalue weighted by molar-refractivity contribution is 5.40. The summed E-state index contributed by atoms with van der Waals surface area (Å²) >= 11 is 0. The van der Waals surface area contributed by atoms with E-state index in [2.05, 4.69) is 41.5 Å². The molecule has 3 nitrogen and oxygen atoms in total. The van der Waals surface area contributed by atoms with Gasteiger partial charge in [0.2, 0.25) is 0 Å². The third-order valence-electron chi connectivity index (χ3n) is 3.70. The van der Waals surface area contributed by atoms with Gasteiger partial charge >= 0.3 is 0 Å². The second kappa shape index (κ2) is 6.88. The molecular weight excluding hydrogens is 224 g/mol. The maximum absolute atomic E-state index is 5.06. The lowest BCUT2D eigenvalue weighted by Crippen LogP contribution is -2.35. The average molecular weight is 248 g/mol. The normalized spacial score (nSPS) is 17.6. The number of rotatable bonds is 8. The lowest BCUT2D eigenvalue weighted by molar-refractivity contribution is 0.161. The van der Waals surface area contributed by atoms with E-state index in [-0.39, 0.29) is 0 Å². The van der Waals surface area contributed by atoms with E-state index in [0.29, 0.717) is 0 Å². The first-order chi connectivity index (χ1) is 8.81. The van der Waals surface area contributed by atoms with Crippen LogP contribution in [-0.4, -0.2) is 51.8 Å². The summed E-state index contributed by atoms with van der Waals surface area (Å²) in [7, 11) is 3.89. The Morgan fingerprint density at radius 2 is 2.17 bits per heavy atom. The molecule has 0 aliphatic heterocycles. The Morgan fingerprint density at radius 1 is 1.33 bits per heavy atom. The summed E-state index contributed by atoms with van der Waals surface area (Å²) in [6, 6.07) is 8.77. The van der Waals surface area contributed by atoms with Crippen molar-refractivity contribution in [2.75, 3.05) is 46.9 Å². The van der Waals surface area contributed by atoms with E-state index >= 15 is 0 Å². The monoisotopic (exact) mass is 248 g/mol. The van der Waals surface area contributed by atoms with Gasteiger partial charge in [0.05, 0.1) is 6.61 Å². The molecule has 1 atom stereocenters. The van der Waals surface area contributed by atoms with Crippen LogP contribution in [0, 0.1) is 0 Å². The van der Waals surface area contributed by atoms with Crippen molar-refractivity contribution in [3.8, 4) is 0 Å². The minimum absolute atomic E-state index is 0.727. The zero-order chi connectivity index (χ0) is 12.8. The maximum atomic E-state index is 5.06. The SMILES string of the molecule is COCCN(C)CCNCC1Cc2ccccc21. The van der Waals surface area contributed by atoms with Crippen molar-refractivity contribution in [2.45, 2.75) is 12.3 Å². The van der Waals surface area contributed by atoms with Crippen LogP contribution in [0.15, 0.2) is 24.3 Å². The molecule has 0 aromatic heterocycles. The van der Waals surface area contributed by atoms with Crippen LogP contribution >= 0.6 is 0 Å². The van der Waals surface area contributed by atoms with Gasteiger partial charge in [-0.3, -0.25) is 0 Å². The molecule has 0 radical (unpaired) electrons. The number of ether oxygens (including phenoxy) is 1. The van der Waals surface area contributed by atoms with Crippen molar-refractivity contribution >= 4 is 0 Å². The Hall–Kier alpha value is -0.900. The van der Waals surface area contributed by atoms with Gasteiger partial charge in [0, 0.05) is 39.2 Å². The fourth-order valence-corrected chi connectivity index (χ4v) is 2.45. The predicted molar refractivity (Wildman–Crippen MR) is 75.1 cm³/mol. The second-order valence-electron chi connectivity index (χ2n) is 5.10. The first-order valence-corrected chi connectivity index (χ1v) is 6.77. The molecule has 1 aromatic rings. The molecule has 18 heavy (non-hydrogen) atoms. The molecule has 0 fully saturated rings. The lowest BCUT2D eigenvalue weighted by Gasteiger charge is -2.30. The van der Waals surface area contributed by atoms with E-state index in [4.69, 9.17) is 4.74 Å². The molecule has 1 aliphatic carbocycles. The molecule has 1 aliphatic rings. The predicted octanol–water partition coefficient (Wildman–Crippen LogP) is 1.49. The van der Waals surface area contributed by atoms with Crippen molar-refractivity contribution < 1.29 is 4.74 Å². The van der Waals surface area contributed by atoms with Crippen LogP contribution in [0.1, 0.15) is 17.0 Å². The molecule has 0 bridgehead atoms. The van der Waals surface area contributed by atoms with E-state index in [1.807, 2.05) is 0 Å². The summed E-state index contributed by atoms with van der Waals surface area (Å²) in [5.41, 5.74) is 3.07. The highest BCUT2D eigenvalue weighted by Gasteiger charge is 2.24. The zero-order valence-corrected chi connectivity index (χ0v) is 11.5. The number of methoxy groups -OCH3 is 1. The van der Waals surface area contributed by atoms with Crippen molar-refractivity contribution in [2.24, 2.45) is 0 Å². The highest BCUT2D eigenvalue weighted by atomic mass is 16.5. The summed E-state index contributed by atoms with van der Waals surface area (Å²) in [5.74, 6) is 0.727. The van der Waals surface area contributed by atoms with Crippen molar-refractivity contribution in [3.05, 3.63) is 35.4 Å². The molecule has 0 saturated carbocycles. The quantitative estimate of drug-likeness (QED) is 0.706. The Bertz CT molecular complexity index is 367. The first-order valence-electron chi connectivity index (χ1n) is 6.77. The smallest absolute Gasteiger partial charge is 0.0589 e. The molecule has 3 heteroatoms. The fourth-order valence-electron chi connectivity index (χ4n) is 2.45. The van der Waals surface area contributed by atoms with Gasteiger partial charge in [0.25, 0.3) is 0 Å². The number of nitrogens with one attached hydrogen (secondary N) is 1. The standard InChI is InChI=1S/C15H24N2O/c1-17(9-10-18-2)8-7-16-12-14-11-13-5-3-4-6-15(13)14/h3-6,14,16H,7-12H2,1-2H3. The summed E-state index contributed by atoms with van der Waals surface area (Å²) in [6.45, 7) is 5.06. The summed E-state index contributed by atoms with van der Waals surface area (Å²) in [5, 5.41) is 3.55. The number of hydrogen-bond acceptors (Lipinski definition) is 3. The average Bonchev–Trinajstić information content (AvgIpc) is 2.36. The van der Waals surface area contributed by atoms with E-state index in [1.165, 1.54) is 17.5 Å². The van der Waals surface area contributed by atoms with E-state index < -0.39 is 0 Å². The zero-order valence-electron chi connectivity index (χ0n) is 11.5. The van der Waals surface area contributed by atoms with Gasteiger partial charge < -0.3 is 15.0 Å². The van der Waals surface area contributed by atoms with Gasteiger partial charge in [-0.15, -0.1) is 0 Å². The summed E-state index contributed by atoms with van der Waals surface area (Å²) < 4.78 is 5.06. The Balaban J connectivity index is 1.58. The van der Waals surface area contributed by atoms with Gasteiger partial charge in [-0.2, -0.15) is 0 Å². The third-order valence-corrected chi connectivity index (χ3v) is 3.70. The minimum atomic E-state index is 0.727. The van der Waals surface area contributed by atoms with Crippen LogP contribution in [0.25, 0.3) is 0 Å². The minimum Gasteiger partial charge on any atom is -0.383 e. The molecule has 1 N–H and O–H groups in total. The van der Waals surface area contributed by atoms with Crippen molar-refractivity contribution in [1.82, 2.24) is 10.2 Å². The van der Waals surface area contributed by atoms with Crippen LogP contribution in [0.2, 0.25) is 0 Å². The number of nitrogens with zero attached hydrogens (tertiary/aromatic N) is 1. The fraction of sp³-hybridized carbons (Fsp3) is 0.600. The molecule has 2 rings (SSSR count). The molecule has 1 aromatic carbocycles. The van der Waals surface area contributed by atoms with Gasteiger partial charge in [-0.1, -0.05) is 24.3 Å². The number of benzene rings is 1. The number of hydrogen-bond donors (Lipinski definition) is 1. The first kappa shape index (κ1) is 13.5. The van der Waals surface area contributed by atoms with Crippen molar-refractivity contribution in [3.63, 3.8) is 0 Å². The molecule has 0 saturated heterocycles. The summed E-state index contributed by atoms with van der Waals surface area (Å²) in [6.07, 6.45) is 1.24. The number of fused-ring (bicyclic) bond motifs is 1. The maximum Gasteiger partial charge on any atom is 0.0589 e. The Labute approximate surface area is 110 Å². The van der Waals surface area contributed by atoms with Crippen molar-refractivity contribution in [1.29, 1.82) is 0 Å². The molecule has 0 amide bonds. The Kier molecular flexibility index (Phi) is 5.17. The van der Waals surface area contributed by atoms with E-state index in [0.717, 1.165) is 38.7 Å². The molecule has 1 unspecified atom stereocenters. The second-order valence-corrected chi connectivity index (χ2v) is 5.10. The van der Waals surface area contributed by atoms with Gasteiger partial charge in [0.15, 0.2) is 0 Å². The van der Waals surface area contributed by atoms with Gasteiger partial charge in [0.1, 0.15) is 0 Å². The highest BCUT2D eigenvalue weighted by Crippen LogP contribution is 2.33. The van der Waals surface area contributed by atoms with Crippen LogP contribution in [0.3, 0.4) is 0 Å². The third kappa shape index (κ3) is 3.55. The van der Waals surface area contributed by atoms with E-state index in [1.54, 1.807) is 7.11 Å². The van der Waals surface area contributed by atoms with Crippen LogP contribution in [-0.2, 0) is 11.2 Å². The Morgan fingerprint density at radius 3 is 2.94 bits per heavy atom. The molecule has 0 spiro atoms. The van der Waals surface area contributed by atoms with Crippen LogP contribution in [0.4, 0.5) is 0 Å². The van der Waals surface area contributed by atoms with Crippen LogP contribution < -0.4 is 5.32 Å². The topological polar surface area (TPSA) is 24.5 Å². The largest absolute Gasteiger partial charge is 0.383 e. The lowest BCUT2D eigenvalue weighted by atomic mass is 9.78. The van der Waals surface area contributed by atoms with E-state index in [9.17, 15) is 0 Å². The van der Waals surface area contributed by atoms with Gasteiger partial charge in [-0.25, -0.2) is 0 Å². The molecular formula is C15H24N2O. The molecule has 0 heterocycles. The summed E-state index contributed by atoms with van der Waals surface area (Å²) in [4.78, 5) is 2.30.